The molecule has 3 aromatic rings. The summed E-state index contributed by atoms with van der Waals surface area (Å²) in [6.45, 7) is 1.88. The highest BCUT2D eigenvalue weighted by Gasteiger charge is 2.38. The number of fused-ring (bicyclic) bond motifs is 1. The summed E-state index contributed by atoms with van der Waals surface area (Å²) in [4.78, 5) is 39.0. The van der Waals surface area contributed by atoms with E-state index in [1.165, 1.54) is 0 Å². The van der Waals surface area contributed by atoms with Crippen molar-refractivity contribution >= 4 is 22.8 Å². The van der Waals surface area contributed by atoms with Crippen LogP contribution < -0.4 is 5.56 Å². The van der Waals surface area contributed by atoms with Gasteiger partial charge in [-0.2, -0.15) is 4.68 Å². The molecule has 0 radical (unpaired) electrons. The van der Waals surface area contributed by atoms with Gasteiger partial charge in [0.05, 0.1) is 17.3 Å². The number of carbonyl (C=O) groups excluding carboxylic acids is 2. The van der Waals surface area contributed by atoms with Crippen LogP contribution in [0.2, 0.25) is 0 Å². The topological polar surface area (TPSA) is 94.4 Å². The summed E-state index contributed by atoms with van der Waals surface area (Å²) in [6.07, 6.45) is 0.0916. The van der Waals surface area contributed by atoms with E-state index in [-0.39, 0.29) is 37.2 Å². The number of ether oxygens (including phenoxy) is 1. The number of rotatable bonds is 5. The zero-order valence-corrected chi connectivity index (χ0v) is 15.9. The van der Waals surface area contributed by atoms with Gasteiger partial charge in [-0.05, 0) is 24.6 Å². The largest absolute Gasteiger partial charge is 0.442 e. The minimum absolute atomic E-state index is 0.0916. The molecule has 8 heteroatoms. The molecule has 0 unspecified atom stereocenters. The monoisotopic (exact) mass is 392 g/mol. The molecule has 0 N–H and O–H groups in total. The van der Waals surface area contributed by atoms with Gasteiger partial charge in [0.2, 0.25) is 5.91 Å². The van der Waals surface area contributed by atoms with Gasteiger partial charge in [-0.1, -0.05) is 47.7 Å². The lowest BCUT2D eigenvalue weighted by atomic mass is 10.1. The highest BCUT2D eigenvalue weighted by Crippen LogP contribution is 2.29. The quantitative estimate of drug-likeness (QED) is 0.616. The van der Waals surface area contributed by atoms with Crippen molar-refractivity contribution in [2.24, 2.45) is 5.92 Å². The maximum absolute atomic E-state index is 12.5. The van der Waals surface area contributed by atoms with Crippen molar-refractivity contribution < 1.29 is 14.3 Å². The minimum Gasteiger partial charge on any atom is -0.442 e. The van der Waals surface area contributed by atoms with Gasteiger partial charge >= 0.3 is 5.97 Å². The minimum atomic E-state index is -0.572. The molecular formula is C21H20N4O4. The maximum atomic E-state index is 12.5. The molecule has 8 nitrogen and oxygen atoms in total. The van der Waals surface area contributed by atoms with E-state index < -0.39 is 11.9 Å². The average molecular weight is 392 g/mol. The zero-order valence-electron chi connectivity index (χ0n) is 15.9. The van der Waals surface area contributed by atoms with E-state index in [1.807, 2.05) is 37.3 Å². The van der Waals surface area contributed by atoms with E-state index in [0.29, 0.717) is 10.9 Å². The normalized spacial score (nSPS) is 17.5. The van der Waals surface area contributed by atoms with Crippen LogP contribution >= 0.6 is 0 Å². The van der Waals surface area contributed by atoms with E-state index in [0.717, 1.165) is 10.2 Å². The summed E-state index contributed by atoms with van der Waals surface area (Å²) in [5, 5.41) is 8.16. The van der Waals surface area contributed by atoms with Crippen LogP contribution in [0.1, 0.15) is 24.9 Å². The Kier molecular flexibility index (Phi) is 5.07. The number of likely N-dealkylation sites (tertiary alicyclic amines) is 1. The first kappa shape index (κ1) is 18.8. The van der Waals surface area contributed by atoms with Gasteiger partial charge in [-0.3, -0.25) is 14.4 Å². The molecule has 1 aromatic heterocycles. The first-order chi connectivity index (χ1) is 14.0. The molecule has 29 heavy (non-hydrogen) atoms. The van der Waals surface area contributed by atoms with Gasteiger partial charge in [0.15, 0.2) is 6.73 Å². The van der Waals surface area contributed by atoms with E-state index in [9.17, 15) is 14.4 Å². The Hall–Kier alpha value is -3.55. The van der Waals surface area contributed by atoms with Gasteiger partial charge in [0, 0.05) is 13.0 Å². The molecule has 1 saturated heterocycles. The van der Waals surface area contributed by atoms with Gasteiger partial charge in [0.25, 0.3) is 5.56 Å². The second kappa shape index (κ2) is 7.83. The summed E-state index contributed by atoms with van der Waals surface area (Å²) in [7, 11) is 0. The molecule has 0 bridgehead atoms. The Morgan fingerprint density at radius 1 is 1.14 bits per heavy atom. The molecule has 0 aliphatic carbocycles. The summed E-state index contributed by atoms with van der Waals surface area (Å²) >= 11 is 0. The molecule has 1 amide bonds. The van der Waals surface area contributed by atoms with Crippen LogP contribution in [0.4, 0.5) is 0 Å². The summed E-state index contributed by atoms with van der Waals surface area (Å²) in [5.41, 5.74) is 1.10. The van der Waals surface area contributed by atoms with Crippen LogP contribution in [-0.2, 0) is 21.1 Å². The fraction of sp³-hybridized carbons (Fsp3) is 0.286. The number of esters is 1. The zero-order chi connectivity index (χ0) is 20.4. The molecule has 2 aromatic carbocycles. The number of hydrogen-bond donors (Lipinski definition) is 0. The third-order valence-corrected chi connectivity index (χ3v) is 5.20. The second-order valence-electron chi connectivity index (χ2n) is 7.04. The van der Waals surface area contributed by atoms with Crippen LogP contribution in [0.15, 0.2) is 59.4 Å². The molecular weight excluding hydrogens is 372 g/mol. The SMILES string of the molecule is C[C@H](c1ccccc1)N1C[C@H](C(=O)OCn2nnc3ccccc3c2=O)CC1=O. The Morgan fingerprint density at radius 2 is 1.86 bits per heavy atom. The number of nitrogens with zero attached hydrogens (tertiary/aromatic N) is 4. The average Bonchev–Trinajstić information content (AvgIpc) is 3.15. The third-order valence-electron chi connectivity index (χ3n) is 5.20. The fourth-order valence-corrected chi connectivity index (χ4v) is 3.53. The van der Waals surface area contributed by atoms with Gasteiger partial charge in [-0.15, -0.1) is 5.10 Å². The molecule has 2 heterocycles. The summed E-state index contributed by atoms with van der Waals surface area (Å²) in [6, 6.07) is 16.4. The van der Waals surface area contributed by atoms with Crippen LogP contribution in [0.5, 0.6) is 0 Å². The lowest BCUT2D eigenvalue weighted by molar-refractivity contribution is -0.152. The van der Waals surface area contributed by atoms with Gasteiger partial charge < -0.3 is 9.64 Å². The molecule has 1 fully saturated rings. The summed E-state index contributed by atoms with van der Waals surface area (Å²) < 4.78 is 6.27. The second-order valence-corrected chi connectivity index (χ2v) is 7.04. The van der Waals surface area contributed by atoms with Gasteiger partial charge in [-0.25, -0.2) is 0 Å². The highest BCUT2D eigenvalue weighted by atomic mass is 16.5. The van der Waals surface area contributed by atoms with E-state index in [1.54, 1.807) is 29.2 Å². The van der Waals surface area contributed by atoms with Crippen molar-refractivity contribution in [3.8, 4) is 0 Å². The van der Waals surface area contributed by atoms with E-state index in [4.69, 9.17) is 4.74 Å². The van der Waals surface area contributed by atoms with Crippen molar-refractivity contribution in [2.75, 3.05) is 6.54 Å². The smallest absolute Gasteiger partial charge is 0.313 e. The predicted molar refractivity (Wildman–Crippen MR) is 105 cm³/mol. The standard InChI is InChI=1S/C21H20N4O4/c1-14(15-7-3-2-4-8-15)24-12-16(11-19(24)26)21(28)29-13-25-20(27)17-9-5-6-10-18(17)22-23-25/h2-10,14,16H,11-13H2,1H3/t14-,16-/m1/s1. The van der Waals surface area contributed by atoms with Crippen LogP contribution in [0.25, 0.3) is 10.9 Å². The van der Waals surface area contributed by atoms with E-state index >= 15 is 0 Å². The van der Waals surface area contributed by atoms with E-state index in [2.05, 4.69) is 10.3 Å². The third kappa shape index (κ3) is 3.73. The van der Waals surface area contributed by atoms with Crippen molar-refractivity contribution in [1.29, 1.82) is 0 Å². The Labute approximate surface area is 166 Å². The molecule has 0 spiro atoms. The lowest BCUT2D eigenvalue weighted by Crippen LogP contribution is -2.31. The Morgan fingerprint density at radius 3 is 2.66 bits per heavy atom. The molecule has 4 rings (SSSR count). The maximum Gasteiger partial charge on any atom is 0.313 e. The van der Waals surface area contributed by atoms with Gasteiger partial charge in [0.1, 0.15) is 5.52 Å². The highest BCUT2D eigenvalue weighted by molar-refractivity contribution is 5.87. The fourth-order valence-electron chi connectivity index (χ4n) is 3.53. The van der Waals surface area contributed by atoms with Crippen molar-refractivity contribution in [3.63, 3.8) is 0 Å². The predicted octanol–water partition coefficient (Wildman–Crippen LogP) is 1.90. The molecule has 0 saturated carbocycles. The van der Waals surface area contributed by atoms with Crippen LogP contribution in [-0.4, -0.2) is 38.3 Å². The molecule has 1 aliphatic rings. The van der Waals surface area contributed by atoms with Crippen molar-refractivity contribution in [2.45, 2.75) is 26.1 Å². The number of aromatic nitrogens is 3. The molecule has 1 aliphatic heterocycles. The van der Waals surface area contributed by atoms with Crippen LogP contribution in [0.3, 0.4) is 0 Å². The number of carbonyl (C=O) groups is 2. The Balaban J connectivity index is 1.41. The summed E-state index contributed by atoms with van der Waals surface area (Å²) in [5.74, 6) is -1.19. The Bertz CT molecular complexity index is 1110. The number of benzene rings is 2. The number of amides is 1. The van der Waals surface area contributed by atoms with Crippen molar-refractivity contribution in [1.82, 2.24) is 19.9 Å². The first-order valence-corrected chi connectivity index (χ1v) is 9.38. The first-order valence-electron chi connectivity index (χ1n) is 9.38. The molecule has 148 valence electrons. The molecule has 2 atom stereocenters. The van der Waals surface area contributed by atoms with Crippen LogP contribution in [0, 0.1) is 5.92 Å². The lowest BCUT2D eigenvalue weighted by Gasteiger charge is -2.25. The number of hydrogen-bond acceptors (Lipinski definition) is 6. The van der Waals surface area contributed by atoms with Crippen molar-refractivity contribution in [3.05, 3.63) is 70.5 Å².